The van der Waals surface area contributed by atoms with Crippen molar-refractivity contribution in [3.8, 4) is 0 Å². The predicted octanol–water partition coefficient (Wildman–Crippen LogP) is 1.37. The summed E-state index contributed by atoms with van der Waals surface area (Å²) >= 11 is 0. The minimum atomic E-state index is -0.325. The molecule has 0 aliphatic heterocycles. The summed E-state index contributed by atoms with van der Waals surface area (Å²) in [5.41, 5.74) is -0.325. The van der Waals surface area contributed by atoms with Gasteiger partial charge in [0.1, 0.15) is 6.29 Å². The molecule has 3 unspecified atom stereocenters. The molecule has 4 bridgehead atoms. The van der Waals surface area contributed by atoms with Crippen molar-refractivity contribution in [2.75, 3.05) is 0 Å². The van der Waals surface area contributed by atoms with Gasteiger partial charge in [-0.15, -0.1) is 0 Å². The fourth-order valence-corrected chi connectivity index (χ4v) is 4.24. The molecule has 4 saturated carbocycles. The number of aldehydes is 1. The van der Waals surface area contributed by atoms with Crippen LogP contribution in [0.5, 0.6) is 0 Å². The highest BCUT2D eigenvalue weighted by molar-refractivity contribution is 5.62. The molecule has 72 valence electrons. The Kier molecular flexibility index (Phi) is 1.44. The van der Waals surface area contributed by atoms with Gasteiger partial charge in [-0.1, -0.05) is 0 Å². The molecule has 0 aromatic rings. The van der Waals surface area contributed by atoms with Gasteiger partial charge in [0, 0.05) is 0 Å². The molecule has 2 heteroatoms. The van der Waals surface area contributed by atoms with Gasteiger partial charge in [0.25, 0.3) is 0 Å². The minimum Gasteiger partial charge on any atom is -0.392 e. The van der Waals surface area contributed by atoms with Gasteiger partial charge in [-0.05, 0) is 49.9 Å². The molecule has 0 saturated heterocycles. The Morgan fingerprint density at radius 3 is 2.31 bits per heavy atom. The van der Waals surface area contributed by atoms with E-state index in [0.717, 1.165) is 31.0 Å². The standard InChI is InChI=1S/C11H16O2/c12-6-11-4-7-1-8(5-11)3-9(2-7)10(11)13/h6-10,13H,1-5H2. The topological polar surface area (TPSA) is 37.3 Å². The fraction of sp³-hybridized carbons (Fsp3) is 0.909. The van der Waals surface area contributed by atoms with Crippen LogP contribution in [0, 0.1) is 23.2 Å². The van der Waals surface area contributed by atoms with Gasteiger partial charge in [0.2, 0.25) is 0 Å². The first-order valence-electron chi connectivity index (χ1n) is 5.38. The maximum atomic E-state index is 11.1. The number of carbonyl (C=O) groups excluding carboxylic acids is 1. The molecule has 4 aliphatic carbocycles. The maximum absolute atomic E-state index is 11.1. The second-order valence-corrected chi connectivity index (χ2v) is 5.40. The molecule has 0 radical (unpaired) electrons. The van der Waals surface area contributed by atoms with Crippen molar-refractivity contribution in [2.45, 2.75) is 38.2 Å². The molecule has 13 heavy (non-hydrogen) atoms. The van der Waals surface area contributed by atoms with Crippen molar-refractivity contribution in [1.29, 1.82) is 0 Å². The van der Waals surface area contributed by atoms with E-state index in [1.165, 1.54) is 19.3 Å². The number of rotatable bonds is 1. The molecule has 0 amide bonds. The van der Waals surface area contributed by atoms with E-state index in [2.05, 4.69) is 0 Å². The lowest BCUT2D eigenvalue weighted by molar-refractivity contribution is -0.163. The summed E-state index contributed by atoms with van der Waals surface area (Å²) in [6.45, 7) is 0. The Bertz CT molecular complexity index is 234. The molecule has 1 N–H and O–H groups in total. The van der Waals surface area contributed by atoms with Crippen LogP contribution in [0.25, 0.3) is 0 Å². The molecule has 4 aliphatic rings. The van der Waals surface area contributed by atoms with E-state index in [0.29, 0.717) is 5.92 Å². The molecule has 0 aromatic carbocycles. The number of carbonyl (C=O) groups is 1. The van der Waals surface area contributed by atoms with Gasteiger partial charge < -0.3 is 9.90 Å². The maximum Gasteiger partial charge on any atom is 0.128 e. The van der Waals surface area contributed by atoms with Crippen LogP contribution in [0.15, 0.2) is 0 Å². The molecular formula is C11H16O2. The van der Waals surface area contributed by atoms with Gasteiger partial charge in [-0.25, -0.2) is 0 Å². The summed E-state index contributed by atoms with van der Waals surface area (Å²) in [7, 11) is 0. The smallest absolute Gasteiger partial charge is 0.128 e. The predicted molar refractivity (Wildman–Crippen MR) is 48.1 cm³/mol. The Morgan fingerprint density at radius 2 is 1.77 bits per heavy atom. The zero-order chi connectivity index (χ0) is 9.05. The van der Waals surface area contributed by atoms with Crippen LogP contribution in [0.1, 0.15) is 32.1 Å². The first kappa shape index (κ1) is 7.98. The van der Waals surface area contributed by atoms with Crippen LogP contribution >= 0.6 is 0 Å². The summed E-state index contributed by atoms with van der Waals surface area (Å²) in [4.78, 5) is 11.1. The van der Waals surface area contributed by atoms with E-state index >= 15 is 0 Å². The Morgan fingerprint density at radius 1 is 1.15 bits per heavy atom. The highest BCUT2D eigenvalue weighted by Crippen LogP contribution is 2.59. The fourth-order valence-electron chi connectivity index (χ4n) is 4.24. The third-order valence-electron chi connectivity index (χ3n) is 4.55. The van der Waals surface area contributed by atoms with Crippen LogP contribution in [-0.4, -0.2) is 17.5 Å². The summed E-state index contributed by atoms with van der Waals surface area (Å²) in [5.74, 6) is 1.92. The molecule has 0 spiro atoms. The number of hydrogen-bond donors (Lipinski definition) is 1. The molecule has 0 heterocycles. The SMILES string of the molecule is O=CC12CC3CC(CC(C3)C1O)C2. The zero-order valence-corrected chi connectivity index (χ0v) is 7.78. The van der Waals surface area contributed by atoms with E-state index in [1.807, 2.05) is 0 Å². The summed E-state index contributed by atoms with van der Waals surface area (Å²) in [6, 6.07) is 0. The van der Waals surface area contributed by atoms with Gasteiger partial charge in [0.15, 0.2) is 0 Å². The summed E-state index contributed by atoms with van der Waals surface area (Å²) in [6.07, 6.45) is 6.33. The highest BCUT2D eigenvalue weighted by Gasteiger charge is 2.56. The zero-order valence-electron chi connectivity index (χ0n) is 7.78. The quantitative estimate of drug-likeness (QED) is 0.619. The van der Waals surface area contributed by atoms with Crippen molar-refractivity contribution in [3.05, 3.63) is 0 Å². The summed E-state index contributed by atoms with van der Waals surface area (Å²) < 4.78 is 0. The number of aliphatic hydroxyl groups excluding tert-OH is 1. The number of hydrogen-bond acceptors (Lipinski definition) is 2. The normalized spacial score (nSPS) is 58.2. The van der Waals surface area contributed by atoms with Gasteiger partial charge in [-0.2, -0.15) is 0 Å². The van der Waals surface area contributed by atoms with Crippen molar-refractivity contribution in [3.63, 3.8) is 0 Å². The average molecular weight is 180 g/mol. The third kappa shape index (κ3) is 0.899. The third-order valence-corrected chi connectivity index (χ3v) is 4.55. The van der Waals surface area contributed by atoms with Crippen molar-refractivity contribution in [2.24, 2.45) is 23.2 Å². The van der Waals surface area contributed by atoms with E-state index in [-0.39, 0.29) is 11.5 Å². The lowest BCUT2D eigenvalue weighted by Crippen LogP contribution is -2.56. The molecular weight excluding hydrogens is 164 g/mol. The van der Waals surface area contributed by atoms with Gasteiger partial charge in [0.05, 0.1) is 11.5 Å². The Hall–Kier alpha value is -0.370. The molecule has 2 nitrogen and oxygen atoms in total. The molecule has 4 rings (SSSR count). The first-order valence-corrected chi connectivity index (χ1v) is 5.38. The van der Waals surface area contributed by atoms with E-state index < -0.39 is 0 Å². The largest absolute Gasteiger partial charge is 0.392 e. The van der Waals surface area contributed by atoms with E-state index in [1.54, 1.807) is 0 Å². The van der Waals surface area contributed by atoms with Crippen LogP contribution in [0.4, 0.5) is 0 Å². The van der Waals surface area contributed by atoms with Crippen LogP contribution in [0.2, 0.25) is 0 Å². The Balaban J connectivity index is 2.00. The first-order chi connectivity index (χ1) is 6.23. The van der Waals surface area contributed by atoms with Crippen LogP contribution in [-0.2, 0) is 4.79 Å². The van der Waals surface area contributed by atoms with Gasteiger partial charge in [-0.3, -0.25) is 0 Å². The Labute approximate surface area is 78.3 Å². The van der Waals surface area contributed by atoms with Crippen LogP contribution < -0.4 is 0 Å². The molecule has 0 aromatic heterocycles. The second-order valence-electron chi connectivity index (χ2n) is 5.40. The van der Waals surface area contributed by atoms with Crippen molar-refractivity contribution in [1.82, 2.24) is 0 Å². The van der Waals surface area contributed by atoms with E-state index in [4.69, 9.17) is 0 Å². The lowest BCUT2D eigenvalue weighted by atomic mass is 9.49. The van der Waals surface area contributed by atoms with Crippen molar-refractivity contribution < 1.29 is 9.90 Å². The molecule has 4 fully saturated rings. The summed E-state index contributed by atoms with van der Waals surface area (Å²) in [5, 5.41) is 10.0. The second kappa shape index (κ2) is 2.35. The molecule has 3 atom stereocenters. The van der Waals surface area contributed by atoms with Crippen LogP contribution in [0.3, 0.4) is 0 Å². The van der Waals surface area contributed by atoms with Gasteiger partial charge >= 0.3 is 0 Å². The number of aliphatic hydroxyl groups is 1. The van der Waals surface area contributed by atoms with Crippen molar-refractivity contribution >= 4 is 6.29 Å². The lowest BCUT2D eigenvalue weighted by Gasteiger charge is -2.57. The minimum absolute atomic E-state index is 0.321. The highest BCUT2D eigenvalue weighted by atomic mass is 16.3. The monoisotopic (exact) mass is 180 g/mol. The van der Waals surface area contributed by atoms with E-state index in [9.17, 15) is 9.90 Å². The average Bonchev–Trinajstić information content (AvgIpc) is 2.12.